The van der Waals surface area contributed by atoms with Gasteiger partial charge in [0.05, 0.1) is 24.2 Å². The summed E-state index contributed by atoms with van der Waals surface area (Å²) in [6.07, 6.45) is 1.25. The Bertz CT molecular complexity index is 1240. The van der Waals surface area contributed by atoms with E-state index >= 15 is 0 Å². The van der Waals surface area contributed by atoms with Crippen LogP contribution in [0.25, 0.3) is 10.9 Å². The van der Waals surface area contributed by atoms with Crippen molar-refractivity contribution in [2.45, 2.75) is 26.4 Å². The zero-order valence-electron chi connectivity index (χ0n) is 18.6. The molecule has 168 valence electrons. The first-order valence-electron chi connectivity index (χ1n) is 10.1. The molecular formula is C23H25BrN4O4. The fourth-order valence-corrected chi connectivity index (χ4v) is 3.44. The molecule has 0 fully saturated rings. The zero-order chi connectivity index (χ0) is 23.4. The summed E-state index contributed by atoms with van der Waals surface area (Å²) in [4.78, 5) is 31.5. The van der Waals surface area contributed by atoms with Crippen molar-refractivity contribution in [1.82, 2.24) is 9.66 Å². The monoisotopic (exact) mass is 500 g/mol. The first kappa shape index (κ1) is 23.5. The zero-order valence-corrected chi connectivity index (χ0v) is 20.2. The molecule has 0 spiro atoms. The molecule has 0 radical (unpaired) electrons. The standard InChI is InChI=1S/C23H25BrN4O4/c1-6-21-26-19-10-8-16(24)11-18(19)22(29)28(21)25-13-15-7-9-17(27(3)4)12-20(15)32-14(2)23(30)31-5/h7-14H,6H2,1-5H3/t14-/m0/s1. The van der Waals surface area contributed by atoms with Crippen LogP contribution in [0.4, 0.5) is 5.69 Å². The summed E-state index contributed by atoms with van der Waals surface area (Å²) in [5.74, 6) is 0.494. The lowest BCUT2D eigenvalue weighted by Gasteiger charge is -2.18. The largest absolute Gasteiger partial charge is 0.478 e. The van der Waals surface area contributed by atoms with Gasteiger partial charge in [-0.05, 0) is 37.3 Å². The van der Waals surface area contributed by atoms with Crippen LogP contribution in [0.1, 0.15) is 25.2 Å². The van der Waals surface area contributed by atoms with Crippen LogP contribution in [0, 0.1) is 0 Å². The molecule has 0 aliphatic rings. The molecule has 1 atom stereocenters. The molecule has 0 unspecified atom stereocenters. The van der Waals surface area contributed by atoms with Gasteiger partial charge in [-0.25, -0.2) is 9.78 Å². The molecule has 9 heteroatoms. The number of halogens is 1. The Morgan fingerprint density at radius 3 is 2.69 bits per heavy atom. The Balaban J connectivity index is 2.08. The van der Waals surface area contributed by atoms with Crippen molar-refractivity contribution in [3.63, 3.8) is 0 Å². The number of aryl methyl sites for hydroxylation is 1. The van der Waals surface area contributed by atoms with Gasteiger partial charge >= 0.3 is 5.97 Å². The number of aromatic nitrogens is 2. The smallest absolute Gasteiger partial charge is 0.346 e. The van der Waals surface area contributed by atoms with E-state index in [1.165, 1.54) is 18.0 Å². The van der Waals surface area contributed by atoms with E-state index in [0.29, 0.717) is 34.5 Å². The molecule has 0 saturated carbocycles. The summed E-state index contributed by atoms with van der Waals surface area (Å²) in [5.41, 5.74) is 1.85. The molecule has 0 aliphatic heterocycles. The fourth-order valence-electron chi connectivity index (χ4n) is 3.08. The molecule has 3 rings (SSSR count). The van der Waals surface area contributed by atoms with E-state index in [4.69, 9.17) is 9.47 Å². The van der Waals surface area contributed by atoms with Gasteiger partial charge in [0, 0.05) is 42.3 Å². The fraction of sp³-hybridized carbons (Fsp3) is 0.304. The van der Waals surface area contributed by atoms with Crippen LogP contribution in [0.15, 0.2) is 50.8 Å². The summed E-state index contributed by atoms with van der Waals surface area (Å²) in [6, 6.07) is 10.9. The van der Waals surface area contributed by atoms with Crippen molar-refractivity contribution in [2.24, 2.45) is 5.10 Å². The number of hydrogen-bond acceptors (Lipinski definition) is 7. The highest BCUT2D eigenvalue weighted by atomic mass is 79.9. The average molecular weight is 501 g/mol. The topological polar surface area (TPSA) is 86.0 Å². The molecule has 0 N–H and O–H groups in total. The highest BCUT2D eigenvalue weighted by Gasteiger charge is 2.17. The minimum absolute atomic E-state index is 0.264. The van der Waals surface area contributed by atoms with E-state index in [0.717, 1.165) is 10.2 Å². The van der Waals surface area contributed by atoms with Crippen LogP contribution in [0.2, 0.25) is 0 Å². The van der Waals surface area contributed by atoms with Crippen LogP contribution in [-0.4, -0.2) is 49.2 Å². The van der Waals surface area contributed by atoms with E-state index in [1.54, 1.807) is 25.1 Å². The molecule has 1 aromatic heterocycles. The van der Waals surface area contributed by atoms with Gasteiger partial charge in [-0.2, -0.15) is 9.78 Å². The summed E-state index contributed by atoms with van der Waals surface area (Å²) in [6.45, 7) is 3.52. The van der Waals surface area contributed by atoms with Crippen LogP contribution in [0.3, 0.4) is 0 Å². The first-order valence-corrected chi connectivity index (χ1v) is 10.9. The molecule has 3 aromatic rings. The lowest BCUT2D eigenvalue weighted by atomic mass is 10.2. The summed E-state index contributed by atoms with van der Waals surface area (Å²) in [5, 5.41) is 4.89. The van der Waals surface area contributed by atoms with Gasteiger partial charge in [-0.3, -0.25) is 4.79 Å². The number of ether oxygens (including phenoxy) is 2. The predicted octanol–water partition coefficient (Wildman–Crippen LogP) is 3.61. The van der Waals surface area contributed by atoms with Crippen LogP contribution in [0.5, 0.6) is 5.75 Å². The first-order chi connectivity index (χ1) is 15.2. The SMILES string of the molecule is CCc1nc2ccc(Br)cc2c(=O)n1N=Cc1ccc(N(C)C)cc1O[C@@H](C)C(=O)OC. The van der Waals surface area contributed by atoms with E-state index in [-0.39, 0.29) is 5.56 Å². The van der Waals surface area contributed by atoms with Gasteiger partial charge < -0.3 is 14.4 Å². The maximum Gasteiger partial charge on any atom is 0.346 e. The van der Waals surface area contributed by atoms with Gasteiger partial charge in [-0.15, -0.1) is 0 Å². The Kier molecular flexibility index (Phi) is 7.29. The normalized spacial score (nSPS) is 12.2. The van der Waals surface area contributed by atoms with Crippen molar-refractivity contribution in [2.75, 3.05) is 26.1 Å². The quantitative estimate of drug-likeness (QED) is 0.363. The number of methoxy groups -OCH3 is 1. The highest BCUT2D eigenvalue weighted by Crippen LogP contribution is 2.25. The summed E-state index contributed by atoms with van der Waals surface area (Å²) >= 11 is 3.40. The third kappa shape index (κ3) is 4.99. The van der Waals surface area contributed by atoms with Gasteiger partial charge in [0.1, 0.15) is 11.6 Å². The van der Waals surface area contributed by atoms with E-state index < -0.39 is 12.1 Å². The number of carbonyl (C=O) groups excluding carboxylic acids is 1. The Hall–Kier alpha value is -3.20. The third-order valence-electron chi connectivity index (χ3n) is 4.85. The number of esters is 1. The number of benzene rings is 2. The van der Waals surface area contributed by atoms with Crippen LogP contribution < -0.4 is 15.2 Å². The lowest BCUT2D eigenvalue weighted by Crippen LogP contribution is -2.25. The van der Waals surface area contributed by atoms with Crippen molar-refractivity contribution in [3.05, 3.63) is 62.6 Å². The van der Waals surface area contributed by atoms with Crippen molar-refractivity contribution in [3.8, 4) is 5.75 Å². The second-order valence-electron chi connectivity index (χ2n) is 7.30. The van der Waals surface area contributed by atoms with Gasteiger partial charge in [0.25, 0.3) is 5.56 Å². The molecule has 1 heterocycles. The van der Waals surface area contributed by atoms with E-state index in [9.17, 15) is 9.59 Å². The minimum Gasteiger partial charge on any atom is -0.478 e. The maximum absolute atomic E-state index is 13.1. The maximum atomic E-state index is 13.1. The molecule has 0 saturated heterocycles. The number of rotatable bonds is 7. The Morgan fingerprint density at radius 2 is 2.03 bits per heavy atom. The van der Waals surface area contributed by atoms with Gasteiger partial charge in [0.2, 0.25) is 0 Å². The second kappa shape index (κ2) is 9.95. The van der Waals surface area contributed by atoms with Crippen molar-refractivity contribution < 1.29 is 14.3 Å². The molecule has 0 amide bonds. The minimum atomic E-state index is -0.807. The number of nitrogens with zero attached hydrogens (tertiary/aromatic N) is 4. The predicted molar refractivity (Wildman–Crippen MR) is 129 cm³/mol. The van der Waals surface area contributed by atoms with Gasteiger partial charge in [-0.1, -0.05) is 22.9 Å². The lowest BCUT2D eigenvalue weighted by molar-refractivity contribution is -0.147. The second-order valence-corrected chi connectivity index (χ2v) is 8.22. The molecule has 0 aliphatic carbocycles. The Morgan fingerprint density at radius 1 is 1.28 bits per heavy atom. The highest BCUT2D eigenvalue weighted by molar-refractivity contribution is 9.10. The average Bonchev–Trinajstić information content (AvgIpc) is 2.78. The van der Waals surface area contributed by atoms with Crippen molar-refractivity contribution >= 4 is 44.7 Å². The van der Waals surface area contributed by atoms with E-state index in [1.807, 2.05) is 44.1 Å². The molecule has 8 nitrogen and oxygen atoms in total. The molecule has 32 heavy (non-hydrogen) atoms. The van der Waals surface area contributed by atoms with Crippen molar-refractivity contribution in [1.29, 1.82) is 0 Å². The third-order valence-corrected chi connectivity index (χ3v) is 5.35. The number of anilines is 1. The van der Waals surface area contributed by atoms with E-state index in [2.05, 4.69) is 26.0 Å². The summed E-state index contributed by atoms with van der Waals surface area (Å²) in [7, 11) is 5.12. The number of fused-ring (bicyclic) bond motifs is 1. The Labute approximate surface area is 194 Å². The molecular weight excluding hydrogens is 476 g/mol. The number of carbonyl (C=O) groups is 1. The summed E-state index contributed by atoms with van der Waals surface area (Å²) < 4.78 is 12.7. The number of hydrogen-bond donors (Lipinski definition) is 0. The van der Waals surface area contributed by atoms with Gasteiger partial charge in [0.15, 0.2) is 6.10 Å². The molecule has 0 bridgehead atoms. The van der Waals surface area contributed by atoms with Crippen LogP contribution in [-0.2, 0) is 16.0 Å². The van der Waals surface area contributed by atoms with Crippen LogP contribution >= 0.6 is 15.9 Å². The molecule has 2 aromatic carbocycles.